The second-order valence-corrected chi connectivity index (χ2v) is 8.96. The first kappa shape index (κ1) is 19.3. The van der Waals surface area contributed by atoms with Crippen molar-refractivity contribution >= 4 is 49.9 Å². The SMILES string of the molecule is O=S(=O)(c1c(Cl)cccc1Cl)N1CCN(c2ncnc3cccc(F)c23)CC1. The molecule has 2 aromatic carbocycles. The molecule has 0 bridgehead atoms. The van der Waals surface area contributed by atoms with Gasteiger partial charge in [-0.25, -0.2) is 22.8 Å². The van der Waals surface area contributed by atoms with Crippen LogP contribution in [0.3, 0.4) is 0 Å². The third-order valence-electron chi connectivity index (χ3n) is 4.65. The molecule has 0 amide bonds. The fraction of sp³-hybridized carbons (Fsp3) is 0.222. The molecule has 1 aliphatic heterocycles. The largest absolute Gasteiger partial charge is 0.353 e. The lowest BCUT2D eigenvalue weighted by Crippen LogP contribution is -2.49. The molecular formula is C18H15Cl2FN4O2S. The van der Waals surface area contributed by atoms with E-state index in [1.165, 1.54) is 28.8 Å². The van der Waals surface area contributed by atoms with Crippen molar-refractivity contribution < 1.29 is 12.8 Å². The highest BCUT2D eigenvalue weighted by atomic mass is 35.5. The van der Waals surface area contributed by atoms with E-state index in [-0.39, 0.29) is 28.0 Å². The molecule has 1 fully saturated rings. The average molecular weight is 441 g/mol. The second kappa shape index (κ2) is 7.44. The zero-order valence-corrected chi connectivity index (χ0v) is 16.8. The summed E-state index contributed by atoms with van der Waals surface area (Å²) in [7, 11) is -3.84. The summed E-state index contributed by atoms with van der Waals surface area (Å²) in [6.45, 7) is 1.09. The maximum absolute atomic E-state index is 14.3. The van der Waals surface area contributed by atoms with Crippen LogP contribution in [0.2, 0.25) is 10.0 Å². The first-order chi connectivity index (χ1) is 13.4. The predicted octanol–water partition coefficient (Wildman–Crippen LogP) is 3.59. The molecule has 28 heavy (non-hydrogen) atoms. The highest BCUT2D eigenvalue weighted by Gasteiger charge is 2.32. The minimum Gasteiger partial charge on any atom is -0.353 e. The van der Waals surface area contributed by atoms with Crippen molar-refractivity contribution in [3.05, 3.63) is 58.6 Å². The number of benzene rings is 2. The fourth-order valence-corrected chi connectivity index (χ4v) is 5.80. The van der Waals surface area contributed by atoms with E-state index in [1.807, 2.05) is 4.90 Å². The van der Waals surface area contributed by atoms with Crippen LogP contribution in [0.15, 0.2) is 47.6 Å². The van der Waals surface area contributed by atoms with Crippen molar-refractivity contribution in [2.75, 3.05) is 31.1 Å². The molecule has 0 spiro atoms. The summed E-state index contributed by atoms with van der Waals surface area (Å²) in [6, 6.07) is 9.24. The van der Waals surface area contributed by atoms with Gasteiger partial charge in [0.2, 0.25) is 10.0 Å². The third-order valence-corrected chi connectivity index (χ3v) is 7.50. The number of nitrogens with zero attached hydrogens (tertiary/aromatic N) is 4. The molecule has 0 radical (unpaired) electrons. The van der Waals surface area contributed by atoms with Crippen molar-refractivity contribution in [2.45, 2.75) is 4.90 Å². The van der Waals surface area contributed by atoms with Crippen LogP contribution in [0.25, 0.3) is 10.9 Å². The van der Waals surface area contributed by atoms with Gasteiger partial charge in [-0.15, -0.1) is 0 Å². The van der Waals surface area contributed by atoms with Gasteiger partial charge in [0.1, 0.15) is 22.9 Å². The third kappa shape index (κ3) is 3.30. The Bertz CT molecular complexity index is 1130. The first-order valence-corrected chi connectivity index (χ1v) is 10.7. The molecule has 146 valence electrons. The van der Waals surface area contributed by atoms with Crippen LogP contribution in [0.4, 0.5) is 10.2 Å². The number of halogens is 3. The smallest absolute Gasteiger partial charge is 0.246 e. The molecule has 0 atom stereocenters. The summed E-state index contributed by atoms with van der Waals surface area (Å²) in [6.07, 6.45) is 1.38. The van der Waals surface area contributed by atoms with E-state index in [0.29, 0.717) is 29.8 Å². The number of sulfonamides is 1. The van der Waals surface area contributed by atoms with Gasteiger partial charge in [0.15, 0.2) is 0 Å². The van der Waals surface area contributed by atoms with Gasteiger partial charge in [0.25, 0.3) is 0 Å². The minimum absolute atomic E-state index is 0.0822. The molecule has 0 unspecified atom stereocenters. The molecule has 1 saturated heterocycles. The van der Waals surface area contributed by atoms with Gasteiger partial charge in [-0.05, 0) is 24.3 Å². The molecular weight excluding hydrogens is 426 g/mol. The molecule has 0 saturated carbocycles. The monoisotopic (exact) mass is 440 g/mol. The number of hydrogen-bond donors (Lipinski definition) is 0. The summed E-state index contributed by atoms with van der Waals surface area (Å²) in [5.41, 5.74) is 0.503. The predicted molar refractivity (Wildman–Crippen MR) is 107 cm³/mol. The van der Waals surface area contributed by atoms with Crippen molar-refractivity contribution in [3.63, 3.8) is 0 Å². The summed E-state index contributed by atoms with van der Waals surface area (Å²) in [4.78, 5) is 10.1. The number of piperazine rings is 1. The van der Waals surface area contributed by atoms with E-state index < -0.39 is 15.8 Å². The summed E-state index contributed by atoms with van der Waals surface area (Å²) in [5, 5.41) is 0.494. The fourth-order valence-electron chi connectivity index (χ4n) is 3.29. The number of fused-ring (bicyclic) bond motifs is 1. The molecule has 4 rings (SSSR count). The molecule has 1 aromatic heterocycles. The Balaban J connectivity index is 1.61. The lowest BCUT2D eigenvalue weighted by atomic mass is 10.2. The van der Waals surface area contributed by atoms with Crippen LogP contribution < -0.4 is 4.90 Å². The second-order valence-electron chi connectivity index (χ2n) is 6.27. The Morgan fingerprint density at radius 3 is 2.25 bits per heavy atom. The lowest BCUT2D eigenvalue weighted by Gasteiger charge is -2.35. The maximum Gasteiger partial charge on any atom is 0.246 e. The average Bonchev–Trinajstić information content (AvgIpc) is 2.67. The summed E-state index contributed by atoms with van der Waals surface area (Å²) in [5.74, 6) is 0.0434. The van der Waals surface area contributed by atoms with Crippen molar-refractivity contribution in [1.82, 2.24) is 14.3 Å². The maximum atomic E-state index is 14.3. The summed E-state index contributed by atoms with van der Waals surface area (Å²) < 4.78 is 41.6. The van der Waals surface area contributed by atoms with E-state index in [9.17, 15) is 12.8 Å². The topological polar surface area (TPSA) is 66.4 Å². The zero-order valence-electron chi connectivity index (χ0n) is 14.5. The Kier molecular flexibility index (Phi) is 5.13. The van der Waals surface area contributed by atoms with E-state index in [4.69, 9.17) is 23.2 Å². The molecule has 3 aromatic rings. The molecule has 0 N–H and O–H groups in total. The lowest BCUT2D eigenvalue weighted by molar-refractivity contribution is 0.384. The van der Waals surface area contributed by atoms with Gasteiger partial charge in [0, 0.05) is 26.2 Å². The minimum atomic E-state index is -3.84. The van der Waals surface area contributed by atoms with Crippen LogP contribution in [-0.2, 0) is 10.0 Å². The van der Waals surface area contributed by atoms with Gasteiger partial charge in [-0.3, -0.25) is 0 Å². The van der Waals surface area contributed by atoms with Gasteiger partial charge >= 0.3 is 0 Å². The number of rotatable bonds is 3. The molecule has 0 aliphatic carbocycles. The molecule has 10 heteroatoms. The van der Waals surface area contributed by atoms with Crippen molar-refractivity contribution in [2.24, 2.45) is 0 Å². The van der Waals surface area contributed by atoms with Crippen LogP contribution in [-0.4, -0.2) is 48.9 Å². The highest BCUT2D eigenvalue weighted by Crippen LogP contribution is 2.33. The Labute approximate surface area is 171 Å². The quantitative estimate of drug-likeness (QED) is 0.622. The highest BCUT2D eigenvalue weighted by molar-refractivity contribution is 7.89. The van der Waals surface area contributed by atoms with Crippen LogP contribution in [0.5, 0.6) is 0 Å². The van der Waals surface area contributed by atoms with Crippen molar-refractivity contribution in [3.8, 4) is 0 Å². The standard InChI is InChI=1S/C18H15Cl2FN4O2S/c19-12-3-1-4-13(20)17(12)28(26,27)25-9-7-24(8-10-25)18-16-14(21)5-2-6-15(16)22-11-23-18/h1-6,11H,7-10H2. The van der Waals surface area contributed by atoms with Crippen LogP contribution in [0, 0.1) is 5.82 Å². The Hall–Kier alpha value is -2.00. The summed E-state index contributed by atoms with van der Waals surface area (Å²) >= 11 is 12.2. The Morgan fingerprint density at radius 1 is 0.929 bits per heavy atom. The van der Waals surface area contributed by atoms with E-state index in [0.717, 1.165) is 0 Å². The van der Waals surface area contributed by atoms with Crippen LogP contribution in [0.1, 0.15) is 0 Å². The van der Waals surface area contributed by atoms with Gasteiger partial charge in [-0.2, -0.15) is 4.31 Å². The van der Waals surface area contributed by atoms with Gasteiger partial charge in [-0.1, -0.05) is 35.3 Å². The zero-order chi connectivity index (χ0) is 19.9. The van der Waals surface area contributed by atoms with E-state index >= 15 is 0 Å². The number of aromatic nitrogens is 2. The molecule has 1 aliphatic rings. The van der Waals surface area contributed by atoms with Crippen LogP contribution >= 0.6 is 23.2 Å². The van der Waals surface area contributed by atoms with Crippen molar-refractivity contribution in [1.29, 1.82) is 0 Å². The first-order valence-electron chi connectivity index (χ1n) is 8.48. The van der Waals surface area contributed by atoms with E-state index in [2.05, 4.69) is 9.97 Å². The molecule has 2 heterocycles. The number of hydrogen-bond acceptors (Lipinski definition) is 5. The number of anilines is 1. The van der Waals surface area contributed by atoms with Gasteiger partial charge < -0.3 is 4.90 Å². The van der Waals surface area contributed by atoms with E-state index in [1.54, 1.807) is 18.2 Å². The van der Waals surface area contributed by atoms with Gasteiger partial charge in [0.05, 0.1) is 20.9 Å². The normalized spacial score (nSPS) is 15.9. The Morgan fingerprint density at radius 2 is 1.57 bits per heavy atom. The molecule has 6 nitrogen and oxygen atoms in total.